The van der Waals surface area contributed by atoms with Crippen molar-refractivity contribution < 1.29 is 4.79 Å². The van der Waals surface area contributed by atoms with Crippen molar-refractivity contribution in [3.05, 3.63) is 29.0 Å². The molecule has 0 spiro atoms. The zero-order chi connectivity index (χ0) is 11.1. The van der Waals surface area contributed by atoms with E-state index in [2.05, 4.69) is 10.3 Å². The van der Waals surface area contributed by atoms with Crippen LogP contribution in [0.15, 0.2) is 18.3 Å². The van der Waals surface area contributed by atoms with E-state index >= 15 is 0 Å². The highest BCUT2D eigenvalue weighted by Gasteiger charge is 2.46. The van der Waals surface area contributed by atoms with Gasteiger partial charge in [0, 0.05) is 12.2 Å². The molecule has 0 aromatic carbocycles. The molecule has 84 valence electrons. The van der Waals surface area contributed by atoms with Crippen LogP contribution in [0, 0.1) is 11.8 Å². The van der Waals surface area contributed by atoms with E-state index in [1.807, 2.05) is 0 Å². The fourth-order valence-corrected chi connectivity index (χ4v) is 2.85. The molecule has 0 saturated heterocycles. The highest BCUT2D eigenvalue weighted by molar-refractivity contribution is 6.33. The average molecular weight is 237 g/mol. The van der Waals surface area contributed by atoms with Crippen molar-refractivity contribution in [2.45, 2.75) is 25.3 Å². The van der Waals surface area contributed by atoms with E-state index in [1.54, 1.807) is 18.3 Å². The van der Waals surface area contributed by atoms with Gasteiger partial charge in [0.2, 0.25) is 0 Å². The standard InChI is InChI=1S/C12H13ClN2O/c13-10-2-1-3-14-11(10)12(16)15-9-5-7-4-8(7)6-9/h1-3,7-9H,4-6H2,(H,15,16). The first kappa shape index (κ1) is 10.1. The Bertz CT molecular complexity index is 425. The molecule has 0 aliphatic heterocycles. The van der Waals surface area contributed by atoms with Crippen molar-refractivity contribution in [1.29, 1.82) is 0 Å². The number of carbonyl (C=O) groups excluding carboxylic acids is 1. The first-order valence-corrected chi connectivity index (χ1v) is 6.03. The molecule has 2 atom stereocenters. The third-order valence-electron chi connectivity index (χ3n) is 3.55. The van der Waals surface area contributed by atoms with Crippen LogP contribution in [-0.4, -0.2) is 16.9 Å². The fourth-order valence-electron chi connectivity index (χ4n) is 2.64. The molecule has 1 aromatic rings. The van der Waals surface area contributed by atoms with Gasteiger partial charge in [-0.15, -0.1) is 0 Å². The first-order chi connectivity index (χ1) is 7.74. The highest BCUT2D eigenvalue weighted by Crippen LogP contribution is 2.51. The second kappa shape index (κ2) is 3.74. The van der Waals surface area contributed by atoms with Gasteiger partial charge in [0.05, 0.1) is 5.02 Å². The maximum atomic E-state index is 11.9. The molecule has 2 aliphatic rings. The van der Waals surface area contributed by atoms with E-state index in [1.165, 1.54) is 6.42 Å². The number of aromatic nitrogens is 1. The van der Waals surface area contributed by atoms with Crippen molar-refractivity contribution in [2.24, 2.45) is 11.8 Å². The molecule has 16 heavy (non-hydrogen) atoms. The predicted molar refractivity (Wildman–Crippen MR) is 61.3 cm³/mol. The smallest absolute Gasteiger partial charge is 0.271 e. The van der Waals surface area contributed by atoms with Crippen LogP contribution < -0.4 is 5.32 Å². The minimum atomic E-state index is -0.142. The highest BCUT2D eigenvalue weighted by atomic mass is 35.5. The van der Waals surface area contributed by atoms with Crippen molar-refractivity contribution in [1.82, 2.24) is 10.3 Å². The summed E-state index contributed by atoms with van der Waals surface area (Å²) in [5.74, 6) is 1.59. The number of fused-ring (bicyclic) bond motifs is 1. The number of halogens is 1. The van der Waals surface area contributed by atoms with E-state index in [4.69, 9.17) is 11.6 Å². The van der Waals surface area contributed by atoms with Crippen molar-refractivity contribution in [3.63, 3.8) is 0 Å². The summed E-state index contributed by atoms with van der Waals surface area (Å²) in [5, 5.41) is 3.43. The molecule has 2 fully saturated rings. The van der Waals surface area contributed by atoms with Crippen molar-refractivity contribution in [2.75, 3.05) is 0 Å². The van der Waals surface area contributed by atoms with Crippen LogP contribution in [0.2, 0.25) is 5.02 Å². The van der Waals surface area contributed by atoms with Gasteiger partial charge in [-0.1, -0.05) is 11.6 Å². The van der Waals surface area contributed by atoms with Gasteiger partial charge >= 0.3 is 0 Å². The Labute approximate surface area is 99.2 Å². The number of rotatable bonds is 2. The Morgan fingerprint density at radius 1 is 1.38 bits per heavy atom. The number of nitrogens with zero attached hydrogens (tertiary/aromatic N) is 1. The van der Waals surface area contributed by atoms with E-state index in [0.29, 0.717) is 16.8 Å². The summed E-state index contributed by atoms with van der Waals surface area (Å²) < 4.78 is 0. The zero-order valence-electron chi connectivity index (χ0n) is 8.82. The summed E-state index contributed by atoms with van der Waals surface area (Å²) in [7, 11) is 0. The number of amides is 1. The topological polar surface area (TPSA) is 42.0 Å². The SMILES string of the molecule is O=C(NC1CC2CC2C1)c1ncccc1Cl. The van der Waals surface area contributed by atoms with Crippen LogP contribution in [0.25, 0.3) is 0 Å². The van der Waals surface area contributed by atoms with E-state index in [9.17, 15) is 4.79 Å². The van der Waals surface area contributed by atoms with Crippen molar-refractivity contribution >= 4 is 17.5 Å². The molecule has 3 rings (SSSR count). The molecule has 1 amide bonds. The summed E-state index contributed by atoms with van der Waals surface area (Å²) in [6.07, 6.45) is 5.20. The first-order valence-electron chi connectivity index (χ1n) is 5.65. The van der Waals surface area contributed by atoms with Gasteiger partial charge in [0.15, 0.2) is 0 Å². The number of pyridine rings is 1. The second-order valence-corrected chi connectivity index (χ2v) is 5.14. The Hall–Kier alpha value is -1.09. The van der Waals surface area contributed by atoms with Gasteiger partial charge in [-0.2, -0.15) is 0 Å². The number of hydrogen-bond acceptors (Lipinski definition) is 2. The monoisotopic (exact) mass is 236 g/mol. The Balaban J connectivity index is 1.67. The predicted octanol–water partition coefficient (Wildman–Crippen LogP) is 2.26. The minimum Gasteiger partial charge on any atom is -0.348 e. The maximum absolute atomic E-state index is 11.9. The quantitative estimate of drug-likeness (QED) is 0.856. The van der Waals surface area contributed by atoms with Crippen LogP contribution in [0.3, 0.4) is 0 Å². The molecular weight excluding hydrogens is 224 g/mol. The molecule has 1 aromatic heterocycles. The van der Waals surface area contributed by atoms with E-state index in [-0.39, 0.29) is 5.91 Å². The van der Waals surface area contributed by atoms with Gasteiger partial charge < -0.3 is 5.32 Å². The van der Waals surface area contributed by atoms with Crippen LogP contribution in [0.4, 0.5) is 0 Å². The normalized spacial score (nSPS) is 30.9. The summed E-state index contributed by atoms with van der Waals surface area (Å²) in [5.41, 5.74) is 0.338. The van der Waals surface area contributed by atoms with E-state index in [0.717, 1.165) is 24.7 Å². The molecule has 0 bridgehead atoms. The lowest BCUT2D eigenvalue weighted by Crippen LogP contribution is -2.34. The van der Waals surface area contributed by atoms with Crippen LogP contribution >= 0.6 is 11.6 Å². The Kier molecular flexibility index (Phi) is 2.36. The molecule has 1 N–H and O–H groups in total. The zero-order valence-corrected chi connectivity index (χ0v) is 9.57. The average Bonchev–Trinajstić information content (AvgIpc) is 2.87. The Morgan fingerprint density at radius 2 is 2.12 bits per heavy atom. The summed E-state index contributed by atoms with van der Waals surface area (Å²) in [6.45, 7) is 0. The molecule has 3 nitrogen and oxygen atoms in total. The lowest BCUT2D eigenvalue weighted by atomic mass is 10.1. The van der Waals surface area contributed by atoms with E-state index < -0.39 is 0 Å². The minimum absolute atomic E-state index is 0.142. The fraction of sp³-hybridized carbons (Fsp3) is 0.500. The number of carbonyl (C=O) groups is 1. The number of nitrogens with one attached hydrogen (secondary N) is 1. The number of hydrogen-bond donors (Lipinski definition) is 1. The molecule has 2 saturated carbocycles. The van der Waals surface area contributed by atoms with Gasteiger partial charge in [0.25, 0.3) is 5.91 Å². The third kappa shape index (κ3) is 1.80. The molecule has 1 heterocycles. The Morgan fingerprint density at radius 3 is 2.81 bits per heavy atom. The van der Waals surface area contributed by atoms with Crippen LogP contribution in [0.1, 0.15) is 29.8 Å². The summed E-state index contributed by atoms with van der Waals surface area (Å²) in [6, 6.07) is 3.74. The molecular formula is C12H13ClN2O. The molecule has 4 heteroatoms. The largest absolute Gasteiger partial charge is 0.348 e. The summed E-state index contributed by atoms with van der Waals surface area (Å²) >= 11 is 5.92. The lowest BCUT2D eigenvalue weighted by Gasteiger charge is -2.13. The molecule has 0 radical (unpaired) electrons. The second-order valence-electron chi connectivity index (χ2n) is 4.73. The van der Waals surface area contributed by atoms with Crippen LogP contribution in [-0.2, 0) is 0 Å². The van der Waals surface area contributed by atoms with Crippen LogP contribution in [0.5, 0.6) is 0 Å². The van der Waals surface area contributed by atoms with Gasteiger partial charge in [-0.3, -0.25) is 4.79 Å². The van der Waals surface area contributed by atoms with Gasteiger partial charge in [-0.05, 0) is 43.2 Å². The third-order valence-corrected chi connectivity index (χ3v) is 3.86. The molecule has 2 unspecified atom stereocenters. The van der Waals surface area contributed by atoms with Gasteiger partial charge in [-0.25, -0.2) is 4.98 Å². The summed E-state index contributed by atoms with van der Waals surface area (Å²) in [4.78, 5) is 15.9. The maximum Gasteiger partial charge on any atom is 0.271 e. The van der Waals surface area contributed by atoms with Gasteiger partial charge in [0.1, 0.15) is 5.69 Å². The molecule has 2 aliphatic carbocycles. The van der Waals surface area contributed by atoms with Crippen molar-refractivity contribution in [3.8, 4) is 0 Å². The lowest BCUT2D eigenvalue weighted by molar-refractivity contribution is 0.0930.